The largest absolute Gasteiger partial charge is 0.418 e. The standard InChI is InChI=1S/C9H4F6OS/c10-8(11,12)6-4(3-16)1-2-5(17)7(6)9(13,14)15/h1-3,17H. The second-order valence-electron chi connectivity index (χ2n) is 3.04. The molecule has 1 aromatic carbocycles. The summed E-state index contributed by atoms with van der Waals surface area (Å²) in [6, 6.07) is 1.35. The number of hydrogen-bond acceptors (Lipinski definition) is 2. The van der Waals surface area contributed by atoms with Gasteiger partial charge in [0.25, 0.3) is 0 Å². The van der Waals surface area contributed by atoms with Gasteiger partial charge in [-0.15, -0.1) is 12.6 Å². The number of carbonyl (C=O) groups excluding carboxylic acids is 1. The fourth-order valence-electron chi connectivity index (χ4n) is 1.30. The van der Waals surface area contributed by atoms with Gasteiger partial charge in [0.1, 0.15) is 0 Å². The molecule has 1 aromatic rings. The molecular weight excluding hydrogens is 270 g/mol. The van der Waals surface area contributed by atoms with E-state index in [0.29, 0.717) is 12.1 Å². The molecule has 0 radical (unpaired) electrons. The maximum absolute atomic E-state index is 12.5. The van der Waals surface area contributed by atoms with Crippen molar-refractivity contribution in [1.29, 1.82) is 0 Å². The van der Waals surface area contributed by atoms with Crippen molar-refractivity contribution in [2.24, 2.45) is 0 Å². The van der Waals surface area contributed by atoms with Crippen LogP contribution in [0.3, 0.4) is 0 Å². The Labute approximate surface area is 96.8 Å². The lowest BCUT2D eigenvalue weighted by molar-refractivity contribution is -0.163. The smallest absolute Gasteiger partial charge is 0.298 e. The van der Waals surface area contributed by atoms with Crippen molar-refractivity contribution < 1.29 is 31.1 Å². The van der Waals surface area contributed by atoms with Gasteiger partial charge in [0.2, 0.25) is 0 Å². The van der Waals surface area contributed by atoms with Crippen LogP contribution in [0.4, 0.5) is 26.3 Å². The van der Waals surface area contributed by atoms with Crippen LogP contribution in [-0.2, 0) is 12.4 Å². The molecule has 0 aliphatic carbocycles. The summed E-state index contributed by atoms with van der Waals surface area (Å²) >= 11 is 3.34. The second-order valence-corrected chi connectivity index (χ2v) is 3.52. The normalized spacial score (nSPS) is 12.6. The van der Waals surface area contributed by atoms with Crippen LogP contribution in [0.15, 0.2) is 17.0 Å². The number of alkyl halides is 6. The van der Waals surface area contributed by atoms with E-state index in [1.54, 1.807) is 0 Å². The molecule has 8 heteroatoms. The van der Waals surface area contributed by atoms with E-state index in [1.807, 2.05) is 0 Å². The molecule has 0 bridgehead atoms. The van der Waals surface area contributed by atoms with E-state index in [2.05, 4.69) is 12.6 Å². The van der Waals surface area contributed by atoms with Crippen LogP contribution in [0, 0.1) is 0 Å². The van der Waals surface area contributed by atoms with Gasteiger partial charge < -0.3 is 0 Å². The molecule has 0 aliphatic heterocycles. The molecule has 0 unspecified atom stereocenters. The summed E-state index contributed by atoms with van der Waals surface area (Å²) in [5, 5.41) is 0. The molecule has 0 fully saturated rings. The highest BCUT2D eigenvalue weighted by atomic mass is 32.1. The molecule has 0 saturated heterocycles. The lowest BCUT2D eigenvalue weighted by Crippen LogP contribution is -2.19. The van der Waals surface area contributed by atoms with Gasteiger partial charge in [-0.25, -0.2) is 0 Å². The first-order chi connectivity index (χ1) is 7.59. The third-order valence-electron chi connectivity index (χ3n) is 1.91. The first-order valence-corrected chi connectivity index (χ1v) is 4.49. The Balaban J connectivity index is 3.73. The Morgan fingerprint density at radius 1 is 0.941 bits per heavy atom. The molecule has 1 rings (SSSR count). The van der Waals surface area contributed by atoms with E-state index in [4.69, 9.17) is 0 Å². The average molecular weight is 274 g/mol. The number of rotatable bonds is 1. The van der Waals surface area contributed by atoms with Crippen LogP contribution in [0.1, 0.15) is 21.5 Å². The van der Waals surface area contributed by atoms with Gasteiger partial charge in [-0.1, -0.05) is 0 Å². The first-order valence-electron chi connectivity index (χ1n) is 4.04. The van der Waals surface area contributed by atoms with Crippen molar-refractivity contribution >= 4 is 18.9 Å². The van der Waals surface area contributed by atoms with Gasteiger partial charge >= 0.3 is 12.4 Å². The Kier molecular flexibility index (Phi) is 3.47. The molecule has 0 aromatic heterocycles. The minimum atomic E-state index is -5.28. The summed E-state index contributed by atoms with van der Waals surface area (Å²) in [6.07, 6.45) is -10.8. The van der Waals surface area contributed by atoms with E-state index >= 15 is 0 Å². The predicted octanol–water partition coefficient (Wildman–Crippen LogP) is 3.83. The molecule has 1 nitrogen and oxygen atoms in total. The molecule has 0 N–H and O–H groups in total. The van der Waals surface area contributed by atoms with Gasteiger partial charge in [0.15, 0.2) is 6.29 Å². The average Bonchev–Trinajstić information content (AvgIpc) is 2.13. The van der Waals surface area contributed by atoms with Crippen LogP contribution in [-0.4, -0.2) is 6.29 Å². The van der Waals surface area contributed by atoms with Crippen molar-refractivity contribution in [1.82, 2.24) is 0 Å². The second kappa shape index (κ2) is 4.25. The van der Waals surface area contributed by atoms with Gasteiger partial charge in [-0.3, -0.25) is 4.79 Å². The van der Waals surface area contributed by atoms with Crippen LogP contribution < -0.4 is 0 Å². The van der Waals surface area contributed by atoms with Gasteiger partial charge in [-0.05, 0) is 12.1 Å². The van der Waals surface area contributed by atoms with Gasteiger partial charge in [0, 0.05) is 10.5 Å². The van der Waals surface area contributed by atoms with E-state index in [1.165, 1.54) is 0 Å². The maximum atomic E-state index is 12.5. The van der Waals surface area contributed by atoms with Crippen LogP contribution in [0.25, 0.3) is 0 Å². The molecule has 0 aliphatic rings. The number of hydrogen-bond donors (Lipinski definition) is 1. The highest BCUT2D eigenvalue weighted by molar-refractivity contribution is 7.80. The fourth-order valence-corrected chi connectivity index (χ4v) is 1.61. The summed E-state index contributed by atoms with van der Waals surface area (Å²) in [7, 11) is 0. The molecule has 0 atom stereocenters. The maximum Gasteiger partial charge on any atom is 0.418 e. The zero-order valence-electron chi connectivity index (χ0n) is 7.86. The molecule has 0 spiro atoms. The topological polar surface area (TPSA) is 17.1 Å². The van der Waals surface area contributed by atoms with Crippen molar-refractivity contribution in [3.63, 3.8) is 0 Å². The Morgan fingerprint density at radius 2 is 1.41 bits per heavy atom. The van der Waals surface area contributed by atoms with Crippen molar-refractivity contribution in [3.8, 4) is 0 Å². The number of halogens is 6. The molecular formula is C9H4F6OS. The molecule has 94 valence electrons. The van der Waals surface area contributed by atoms with Gasteiger partial charge in [-0.2, -0.15) is 26.3 Å². The minimum Gasteiger partial charge on any atom is -0.298 e. The van der Waals surface area contributed by atoms with E-state index in [-0.39, 0.29) is 6.29 Å². The molecule has 0 amide bonds. The van der Waals surface area contributed by atoms with E-state index in [0.717, 1.165) is 0 Å². The van der Waals surface area contributed by atoms with Crippen LogP contribution >= 0.6 is 12.6 Å². The quantitative estimate of drug-likeness (QED) is 0.468. The zero-order valence-corrected chi connectivity index (χ0v) is 8.75. The first kappa shape index (κ1) is 13.9. The highest BCUT2D eigenvalue weighted by Gasteiger charge is 2.46. The summed E-state index contributed by atoms with van der Waals surface area (Å²) < 4.78 is 75.0. The Hall–Kier alpha value is -1.18. The van der Waals surface area contributed by atoms with Gasteiger partial charge in [0.05, 0.1) is 11.1 Å². The summed E-state index contributed by atoms with van der Waals surface area (Å²) in [6.45, 7) is 0. The summed E-state index contributed by atoms with van der Waals surface area (Å²) in [4.78, 5) is 9.49. The SMILES string of the molecule is O=Cc1ccc(S)c(C(F)(F)F)c1C(F)(F)F. The van der Waals surface area contributed by atoms with Crippen molar-refractivity contribution in [2.75, 3.05) is 0 Å². The lowest BCUT2D eigenvalue weighted by atomic mass is 10.0. The van der Waals surface area contributed by atoms with Crippen molar-refractivity contribution in [2.45, 2.75) is 17.2 Å². The Morgan fingerprint density at radius 3 is 1.76 bits per heavy atom. The third kappa shape index (κ3) is 2.74. The Bertz CT molecular complexity index is 448. The third-order valence-corrected chi connectivity index (χ3v) is 2.28. The van der Waals surface area contributed by atoms with Crippen molar-refractivity contribution in [3.05, 3.63) is 28.8 Å². The number of benzene rings is 1. The zero-order chi connectivity index (χ0) is 13.4. The highest BCUT2D eigenvalue weighted by Crippen LogP contribution is 2.44. The van der Waals surface area contributed by atoms with E-state index < -0.39 is 33.9 Å². The van der Waals surface area contributed by atoms with Crippen LogP contribution in [0.5, 0.6) is 0 Å². The fraction of sp³-hybridized carbons (Fsp3) is 0.222. The molecule has 17 heavy (non-hydrogen) atoms. The summed E-state index contributed by atoms with van der Waals surface area (Å²) in [5.74, 6) is 0. The number of carbonyl (C=O) groups is 1. The number of thiol groups is 1. The predicted molar refractivity (Wildman–Crippen MR) is 49.1 cm³/mol. The monoisotopic (exact) mass is 274 g/mol. The number of aldehydes is 1. The van der Waals surface area contributed by atoms with Crippen LogP contribution in [0.2, 0.25) is 0 Å². The lowest BCUT2D eigenvalue weighted by Gasteiger charge is -2.18. The molecule has 0 heterocycles. The minimum absolute atomic E-state index is 0.273. The van der Waals surface area contributed by atoms with E-state index in [9.17, 15) is 31.1 Å². The molecule has 0 saturated carbocycles. The summed E-state index contributed by atoms with van der Waals surface area (Å²) in [5.41, 5.74) is -5.02.